The highest BCUT2D eigenvalue weighted by molar-refractivity contribution is 5.84. The normalized spacial score (nSPS) is 15.0. The minimum Gasteiger partial charge on any atom is -0.479 e. The molecule has 0 aromatic heterocycles. The molecule has 1 aliphatic heterocycles. The number of aryl methyl sites for hydroxylation is 1. The molecule has 0 radical (unpaired) electrons. The van der Waals surface area contributed by atoms with E-state index in [4.69, 9.17) is 4.74 Å². The lowest BCUT2D eigenvalue weighted by atomic mass is 9.80. The molecule has 1 N–H and O–H groups in total. The second-order valence-corrected chi connectivity index (χ2v) is 10.8. The predicted molar refractivity (Wildman–Crippen MR) is 142 cm³/mol. The average molecular weight is 472 g/mol. The van der Waals surface area contributed by atoms with E-state index < -0.39 is 17.7 Å². The van der Waals surface area contributed by atoms with Gasteiger partial charge in [0.15, 0.2) is 6.10 Å². The lowest BCUT2D eigenvalue weighted by molar-refractivity contribution is -0.160. The van der Waals surface area contributed by atoms with Crippen molar-refractivity contribution in [1.82, 2.24) is 4.90 Å². The zero-order valence-electron chi connectivity index (χ0n) is 21.8. The van der Waals surface area contributed by atoms with Crippen molar-refractivity contribution in [3.63, 3.8) is 0 Å². The van der Waals surface area contributed by atoms with Gasteiger partial charge in [0.1, 0.15) is 0 Å². The number of hydrogen-bond donors (Lipinski definition) is 1. The van der Waals surface area contributed by atoms with Crippen LogP contribution in [-0.2, 0) is 29.0 Å². The number of hydrogen-bond acceptors (Lipinski definition) is 3. The van der Waals surface area contributed by atoms with Crippen molar-refractivity contribution in [2.45, 2.75) is 72.8 Å². The van der Waals surface area contributed by atoms with Gasteiger partial charge in [-0.2, -0.15) is 0 Å². The number of carboxylic acid groups (broad SMARTS) is 1. The minimum atomic E-state index is -1.03. The molecule has 0 fully saturated rings. The molecule has 4 heteroatoms. The summed E-state index contributed by atoms with van der Waals surface area (Å²) in [5, 5.41) is 10.3. The second kappa shape index (κ2) is 9.96. The molecule has 0 bridgehead atoms. The third-order valence-electron chi connectivity index (χ3n) is 6.92. The summed E-state index contributed by atoms with van der Waals surface area (Å²) in [7, 11) is 0. The summed E-state index contributed by atoms with van der Waals surface area (Å²) in [6, 6.07) is 19.0. The van der Waals surface area contributed by atoms with Crippen molar-refractivity contribution >= 4 is 5.97 Å². The minimum absolute atomic E-state index is 0.587. The Balaban J connectivity index is 1.87. The Kier molecular flexibility index (Phi) is 7.16. The van der Waals surface area contributed by atoms with Crippen LogP contribution in [0.1, 0.15) is 65.8 Å². The Morgan fingerprint density at radius 3 is 2.23 bits per heavy atom. The molecule has 1 heterocycles. The summed E-state index contributed by atoms with van der Waals surface area (Å²) < 4.78 is 6.19. The van der Waals surface area contributed by atoms with Gasteiger partial charge in [0.2, 0.25) is 0 Å². The zero-order chi connectivity index (χ0) is 25.3. The molecule has 35 heavy (non-hydrogen) atoms. The van der Waals surface area contributed by atoms with Crippen LogP contribution in [0.3, 0.4) is 0 Å². The van der Waals surface area contributed by atoms with E-state index in [-0.39, 0.29) is 0 Å². The highest BCUT2D eigenvalue weighted by Gasteiger charge is 2.34. The maximum absolute atomic E-state index is 12.6. The van der Waals surface area contributed by atoms with Gasteiger partial charge in [-0.3, -0.25) is 4.90 Å². The van der Waals surface area contributed by atoms with Gasteiger partial charge in [-0.05, 0) is 86.9 Å². The number of aliphatic carboxylic acids is 1. The smallest absolute Gasteiger partial charge is 0.337 e. The molecule has 1 atom stereocenters. The fraction of sp³-hybridized carbons (Fsp3) is 0.387. The number of carboxylic acids is 1. The van der Waals surface area contributed by atoms with E-state index in [0.717, 1.165) is 53.9 Å². The first-order chi connectivity index (χ1) is 16.5. The lowest BCUT2D eigenvalue weighted by Crippen LogP contribution is -2.33. The topological polar surface area (TPSA) is 49.8 Å². The molecule has 4 nitrogen and oxygen atoms in total. The summed E-state index contributed by atoms with van der Waals surface area (Å²) in [4.78, 5) is 15.1. The number of fused-ring (bicyclic) bond motifs is 1. The van der Waals surface area contributed by atoms with E-state index in [1.165, 1.54) is 22.3 Å². The molecular weight excluding hydrogens is 434 g/mol. The van der Waals surface area contributed by atoms with Crippen molar-refractivity contribution in [1.29, 1.82) is 0 Å². The van der Waals surface area contributed by atoms with E-state index in [1.807, 2.05) is 20.8 Å². The number of rotatable bonds is 6. The SMILES string of the molecule is Cc1ccc(-c2c(C)c3c(c(C)c2C(OC(C)(C)C)C(=O)O)CCN(Cc2ccccc2)C3)cc1. The quantitative estimate of drug-likeness (QED) is 0.431. The van der Waals surface area contributed by atoms with Crippen LogP contribution < -0.4 is 0 Å². The molecule has 0 amide bonds. The first kappa shape index (κ1) is 25.2. The summed E-state index contributed by atoms with van der Waals surface area (Å²) in [5.74, 6) is -0.947. The monoisotopic (exact) mass is 471 g/mol. The number of benzene rings is 3. The van der Waals surface area contributed by atoms with E-state index in [0.29, 0.717) is 0 Å². The fourth-order valence-corrected chi connectivity index (χ4v) is 5.26. The Morgan fingerprint density at radius 1 is 0.971 bits per heavy atom. The van der Waals surface area contributed by atoms with E-state index in [1.54, 1.807) is 0 Å². The first-order valence-electron chi connectivity index (χ1n) is 12.4. The van der Waals surface area contributed by atoms with Crippen LogP contribution in [0.15, 0.2) is 54.6 Å². The summed E-state index contributed by atoms with van der Waals surface area (Å²) in [5.41, 5.74) is 9.55. The summed E-state index contributed by atoms with van der Waals surface area (Å²) in [6.07, 6.45) is -0.129. The standard InChI is InChI=1S/C31H37NO3/c1-20-12-14-24(15-13-20)27-22(3)26-19-32(18-23-10-8-7-9-11-23)17-16-25(26)21(2)28(27)29(30(33)34)35-31(4,5)6/h7-15,29H,16-19H2,1-6H3,(H,33,34). The fourth-order valence-electron chi connectivity index (χ4n) is 5.26. The van der Waals surface area contributed by atoms with Crippen molar-refractivity contribution in [3.8, 4) is 11.1 Å². The van der Waals surface area contributed by atoms with Gasteiger partial charge in [-0.15, -0.1) is 0 Å². The maximum atomic E-state index is 12.6. The Hall–Kier alpha value is -2.95. The van der Waals surface area contributed by atoms with Gasteiger partial charge in [0.05, 0.1) is 5.60 Å². The highest BCUT2D eigenvalue weighted by Crippen LogP contribution is 2.42. The number of carbonyl (C=O) groups is 1. The van der Waals surface area contributed by atoms with E-state index in [2.05, 4.69) is 80.3 Å². The molecule has 1 aliphatic rings. The molecule has 0 spiro atoms. The molecule has 4 rings (SSSR count). The van der Waals surface area contributed by atoms with E-state index >= 15 is 0 Å². The van der Waals surface area contributed by atoms with Gasteiger partial charge in [0, 0.05) is 25.2 Å². The van der Waals surface area contributed by atoms with Crippen LogP contribution in [0, 0.1) is 20.8 Å². The Labute approximate surface area is 209 Å². The second-order valence-electron chi connectivity index (χ2n) is 10.8. The third kappa shape index (κ3) is 5.50. The predicted octanol–water partition coefficient (Wildman–Crippen LogP) is 6.78. The van der Waals surface area contributed by atoms with Gasteiger partial charge in [0.25, 0.3) is 0 Å². The van der Waals surface area contributed by atoms with Gasteiger partial charge in [-0.25, -0.2) is 4.79 Å². The van der Waals surface area contributed by atoms with Crippen LogP contribution in [-0.4, -0.2) is 28.1 Å². The zero-order valence-corrected chi connectivity index (χ0v) is 21.8. The summed E-state index contributed by atoms with van der Waals surface area (Å²) in [6.45, 7) is 14.8. The van der Waals surface area contributed by atoms with Crippen LogP contribution in [0.25, 0.3) is 11.1 Å². The Morgan fingerprint density at radius 2 is 1.63 bits per heavy atom. The Bertz CT molecular complexity index is 1210. The van der Waals surface area contributed by atoms with E-state index in [9.17, 15) is 9.90 Å². The van der Waals surface area contributed by atoms with Crippen LogP contribution >= 0.6 is 0 Å². The average Bonchev–Trinajstić information content (AvgIpc) is 2.80. The molecule has 0 aliphatic carbocycles. The van der Waals surface area contributed by atoms with Crippen LogP contribution in [0.5, 0.6) is 0 Å². The van der Waals surface area contributed by atoms with Gasteiger partial charge in [-0.1, -0.05) is 60.2 Å². The van der Waals surface area contributed by atoms with Crippen LogP contribution in [0.4, 0.5) is 0 Å². The van der Waals surface area contributed by atoms with Gasteiger partial charge < -0.3 is 9.84 Å². The lowest BCUT2D eigenvalue weighted by Gasteiger charge is -2.35. The molecular formula is C31H37NO3. The molecule has 3 aromatic carbocycles. The molecule has 0 saturated carbocycles. The molecule has 3 aromatic rings. The highest BCUT2D eigenvalue weighted by atomic mass is 16.5. The molecule has 0 saturated heterocycles. The largest absolute Gasteiger partial charge is 0.479 e. The summed E-state index contributed by atoms with van der Waals surface area (Å²) >= 11 is 0. The first-order valence-corrected chi connectivity index (χ1v) is 12.4. The van der Waals surface area contributed by atoms with Gasteiger partial charge >= 0.3 is 5.97 Å². The van der Waals surface area contributed by atoms with Crippen molar-refractivity contribution in [2.75, 3.05) is 6.54 Å². The van der Waals surface area contributed by atoms with Crippen LogP contribution in [0.2, 0.25) is 0 Å². The van der Waals surface area contributed by atoms with Crippen molar-refractivity contribution < 1.29 is 14.6 Å². The third-order valence-corrected chi connectivity index (χ3v) is 6.92. The number of nitrogens with zero attached hydrogens (tertiary/aromatic N) is 1. The molecule has 184 valence electrons. The van der Waals surface area contributed by atoms with Crippen molar-refractivity contribution in [2.24, 2.45) is 0 Å². The maximum Gasteiger partial charge on any atom is 0.337 e. The van der Waals surface area contributed by atoms with Crippen molar-refractivity contribution in [3.05, 3.63) is 93.5 Å². The number of ether oxygens (including phenoxy) is 1. The molecule has 1 unspecified atom stereocenters.